The zero-order valence-electron chi connectivity index (χ0n) is 19.6. The topological polar surface area (TPSA) is 71.1 Å². The first-order valence-electron chi connectivity index (χ1n) is 10.9. The van der Waals surface area contributed by atoms with Crippen molar-refractivity contribution < 1.29 is 19.1 Å². The molecule has 1 fully saturated rings. The third-order valence-electron chi connectivity index (χ3n) is 5.26. The van der Waals surface area contributed by atoms with Crippen LogP contribution in [0.15, 0.2) is 42.5 Å². The molecule has 0 bridgehead atoms. The molecule has 0 aliphatic carbocycles. The summed E-state index contributed by atoms with van der Waals surface area (Å²) in [5.74, 6) is 1.31. The molecular formula is C25H33N3O4. The Morgan fingerprint density at radius 1 is 1.03 bits per heavy atom. The molecule has 3 rings (SSSR count). The molecule has 0 unspecified atom stereocenters. The van der Waals surface area contributed by atoms with Gasteiger partial charge in [-0.05, 0) is 41.7 Å². The molecule has 32 heavy (non-hydrogen) atoms. The van der Waals surface area contributed by atoms with Crippen molar-refractivity contribution in [2.45, 2.75) is 40.2 Å². The van der Waals surface area contributed by atoms with Gasteiger partial charge < -0.3 is 19.7 Å². The van der Waals surface area contributed by atoms with E-state index in [1.165, 1.54) is 0 Å². The molecule has 0 saturated carbocycles. The predicted molar refractivity (Wildman–Crippen MR) is 126 cm³/mol. The summed E-state index contributed by atoms with van der Waals surface area (Å²) in [7, 11) is 3.22. The Morgan fingerprint density at radius 2 is 1.69 bits per heavy atom. The van der Waals surface area contributed by atoms with Crippen LogP contribution in [0, 0.1) is 5.41 Å². The van der Waals surface area contributed by atoms with E-state index < -0.39 is 0 Å². The molecule has 7 nitrogen and oxygen atoms in total. The van der Waals surface area contributed by atoms with Gasteiger partial charge in [0.15, 0.2) is 0 Å². The van der Waals surface area contributed by atoms with Gasteiger partial charge in [0.1, 0.15) is 11.5 Å². The predicted octanol–water partition coefficient (Wildman–Crippen LogP) is 4.91. The minimum absolute atomic E-state index is 0.0604. The lowest BCUT2D eigenvalue weighted by Crippen LogP contribution is -2.49. The van der Waals surface area contributed by atoms with E-state index in [4.69, 9.17) is 9.47 Å². The molecule has 7 heteroatoms. The van der Waals surface area contributed by atoms with Crippen LogP contribution in [-0.4, -0.2) is 44.1 Å². The fourth-order valence-electron chi connectivity index (χ4n) is 3.82. The number of para-hydroxylation sites is 2. The number of carbonyl (C=O) groups excluding carboxylic acids is 2. The third kappa shape index (κ3) is 5.93. The first-order valence-corrected chi connectivity index (χ1v) is 10.9. The highest BCUT2D eigenvalue weighted by Crippen LogP contribution is 2.31. The van der Waals surface area contributed by atoms with Crippen LogP contribution in [0.5, 0.6) is 11.5 Å². The summed E-state index contributed by atoms with van der Waals surface area (Å²) in [5.41, 5.74) is 2.19. The van der Waals surface area contributed by atoms with Crippen molar-refractivity contribution in [3.05, 3.63) is 48.0 Å². The monoisotopic (exact) mass is 439 g/mol. The van der Waals surface area contributed by atoms with Crippen molar-refractivity contribution in [2.75, 3.05) is 37.5 Å². The van der Waals surface area contributed by atoms with Crippen LogP contribution < -0.4 is 19.7 Å². The lowest BCUT2D eigenvalue weighted by Gasteiger charge is -2.36. The number of amides is 3. The highest BCUT2D eigenvalue weighted by atomic mass is 16.5. The fourth-order valence-corrected chi connectivity index (χ4v) is 3.82. The molecule has 0 radical (unpaired) electrons. The molecule has 3 amide bonds. The maximum absolute atomic E-state index is 13.4. The second kappa shape index (κ2) is 9.94. The normalized spacial score (nSPS) is 14.3. The van der Waals surface area contributed by atoms with Crippen LogP contribution in [-0.2, 0) is 11.3 Å². The van der Waals surface area contributed by atoms with Gasteiger partial charge in [-0.15, -0.1) is 0 Å². The number of benzene rings is 2. The van der Waals surface area contributed by atoms with Crippen LogP contribution in [0.3, 0.4) is 0 Å². The molecule has 0 atom stereocenters. The largest absolute Gasteiger partial charge is 0.497 e. The maximum atomic E-state index is 13.4. The number of carbonyl (C=O) groups is 2. The van der Waals surface area contributed by atoms with E-state index in [2.05, 4.69) is 5.32 Å². The zero-order chi connectivity index (χ0) is 23.3. The summed E-state index contributed by atoms with van der Waals surface area (Å²) in [6.45, 7) is 7.78. The summed E-state index contributed by atoms with van der Waals surface area (Å²) in [6.07, 6.45) is 1.23. The Labute approximate surface area is 190 Å². The maximum Gasteiger partial charge on any atom is 0.324 e. The first-order chi connectivity index (χ1) is 15.2. The SMILES string of the molecule is COc1cc(CN2CCCN(c3ccccc3NC(=O)CC(C)(C)C)C2=O)cc(OC)c1. The van der Waals surface area contributed by atoms with E-state index in [1.54, 1.807) is 19.1 Å². The van der Waals surface area contributed by atoms with Gasteiger partial charge in [0.2, 0.25) is 5.91 Å². The second-order valence-electron chi connectivity index (χ2n) is 9.23. The summed E-state index contributed by atoms with van der Waals surface area (Å²) >= 11 is 0. The van der Waals surface area contributed by atoms with Crippen LogP contribution in [0.25, 0.3) is 0 Å². The van der Waals surface area contributed by atoms with Gasteiger partial charge in [-0.2, -0.15) is 0 Å². The molecule has 0 spiro atoms. The molecule has 1 saturated heterocycles. The summed E-state index contributed by atoms with van der Waals surface area (Å²) in [4.78, 5) is 29.5. The van der Waals surface area contributed by atoms with Crippen molar-refractivity contribution >= 4 is 23.3 Å². The molecule has 2 aromatic rings. The van der Waals surface area contributed by atoms with E-state index in [1.807, 2.05) is 68.1 Å². The van der Waals surface area contributed by atoms with E-state index in [9.17, 15) is 9.59 Å². The second-order valence-corrected chi connectivity index (χ2v) is 9.23. The average Bonchev–Trinajstić information content (AvgIpc) is 2.74. The van der Waals surface area contributed by atoms with Gasteiger partial charge in [0.05, 0.1) is 25.6 Å². The van der Waals surface area contributed by atoms with E-state index in [0.717, 1.165) is 12.0 Å². The molecule has 1 aliphatic rings. The van der Waals surface area contributed by atoms with Crippen LogP contribution in [0.4, 0.5) is 16.2 Å². The van der Waals surface area contributed by atoms with Crippen molar-refractivity contribution in [1.82, 2.24) is 4.90 Å². The number of rotatable bonds is 7. The first kappa shape index (κ1) is 23.4. The molecule has 1 N–H and O–H groups in total. The minimum atomic E-state index is -0.117. The minimum Gasteiger partial charge on any atom is -0.497 e. The van der Waals surface area contributed by atoms with Crippen LogP contribution in [0.2, 0.25) is 0 Å². The quantitative estimate of drug-likeness (QED) is 0.665. The van der Waals surface area contributed by atoms with E-state index in [0.29, 0.717) is 48.9 Å². The number of nitrogens with one attached hydrogen (secondary N) is 1. The van der Waals surface area contributed by atoms with Crippen LogP contribution in [0.1, 0.15) is 39.2 Å². The Kier molecular flexibility index (Phi) is 7.28. The highest BCUT2D eigenvalue weighted by molar-refractivity contribution is 6.00. The van der Waals surface area contributed by atoms with E-state index in [-0.39, 0.29) is 17.4 Å². The van der Waals surface area contributed by atoms with Crippen molar-refractivity contribution in [2.24, 2.45) is 5.41 Å². The molecular weight excluding hydrogens is 406 g/mol. The van der Waals surface area contributed by atoms with Crippen molar-refractivity contribution in [3.8, 4) is 11.5 Å². The Balaban J connectivity index is 1.79. The number of ether oxygens (including phenoxy) is 2. The van der Waals surface area contributed by atoms with Crippen LogP contribution >= 0.6 is 0 Å². The number of hydrogen-bond acceptors (Lipinski definition) is 4. The molecule has 1 aliphatic heterocycles. The van der Waals surface area contributed by atoms with Gasteiger partial charge in [0.25, 0.3) is 0 Å². The number of anilines is 2. The van der Waals surface area contributed by atoms with Gasteiger partial charge in [-0.25, -0.2) is 4.79 Å². The lowest BCUT2D eigenvalue weighted by molar-refractivity contribution is -0.117. The lowest BCUT2D eigenvalue weighted by atomic mass is 9.92. The number of hydrogen-bond donors (Lipinski definition) is 1. The average molecular weight is 440 g/mol. The highest BCUT2D eigenvalue weighted by Gasteiger charge is 2.29. The summed E-state index contributed by atoms with van der Waals surface area (Å²) in [6, 6.07) is 13.0. The number of nitrogens with zero attached hydrogens (tertiary/aromatic N) is 2. The van der Waals surface area contributed by atoms with E-state index >= 15 is 0 Å². The molecule has 172 valence electrons. The van der Waals surface area contributed by atoms with Gasteiger partial charge in [0, 0.05) is 32.1 Å². The van der Waals surface area contributed by atoms with Crippen molar-refractivity contribution in [3.63, 3.8) is 0 Å². The molecule has 1 heterocycles. The van der Waals surface area contributed by atoms with Gasteiger partial charge in [-0.1, -0.05) is 32.9 Å². The summed E-state index contributed by atoms with van der Waals surface area (Å²) < 4.78 is 10.7. The van der Waals surface area contributed by atoms with Crippen molar-refractivity contribution in [1.29, 1.82) is 0 Å². The third-order valence-corrected chi connectivity index (χ3v) is 5.26. The number of methoxy groups -OCH3 is 2. The standard InChI is InChI=1S/C25H33N3O4/c1-25(2,3)16-23(29)26-21-9-6-7-10-22(21)28-12-8-11-27(24(28)30)17-18-13-19(31-4)15-20(14-18)32-5/h6-7,9-10,13-15H,8,11-12,16-17H2,1-5H3,(H,26,29). The van der Waals surface area contributed by atoms with Gasteiger partial charge >= 0.3 is 6.03 Å². The molecule has 2 aromatic carbocycles. The zero-order valence-corrected chi connectivity index (χ0v) is 19.6. The number of urea groups is 1. The van der Waals surface area contributed by atoms with Gasteiger partial charge in [-0.3, -0.25) is 9.69 Å². The smallest absolute Gasteiger partial charge is 0.324 e. The Bertz CT molecular complexity index is 946. The fraction of sp³-hybridized carbons (Fsp3) is 0.440. The molecule has 0 aromatic heterocycles. The Morgan fingerprint density at radius 3 is 2.31 bits per heavy atom. The Hall–Kier alpha value is -3.22. The summed E-state index contributed by atoms with van der Waals surface area (Å²) in [5, 5.41) is 3.00.